The third-order valence-corrected chi connectivity index (χ3v) is 8.27. The van der Waals surface area contributed by atoms with E-state index in [0.29, 0.717) is 11.4 Å². The fourth-order valence-electron chi connectivity index (χ4n) is 6.62. The summed E-state index contributed by atoms with van der Waals surface area (Å²) in [4.78, 5) is 53.7. The fraction of sp³-hybridized carbons (Fsp3) is 0.152. The van der Waals surface area contributed by atoms with Gasteiger partial charge in [0.25, 0.3) is 5.91 Å². The predicted octanol–water partition coefficient (Wildman–Crippen LogP) is 5.02. The summed E-state index contributed by atoms with van der Waals surface area (Å²) < 4.78 is 18.1. The average Bonchev–Trinajstić information content (AvgIpc) is 3.27. The zero-order valence-electron chi connectivity index (χ0n) is 21.6. The van der Waals surface area contributed by atoms with E-state index in [0.717, 1.165) is 22.3 Å². The molecule has 0 saturated carbocycles. The molecule has 8 rings (SSSR count). The lowest BCUT2D eigenvalue weighted by Crippen LogP contribution is -2.41. The molecule has 2 atom stereocenters. The number of nitrogens with one attached hydrogen (secondary N) is 1. The smallest absolute Gasteiger partial charge is 0.338 e. The van der Waals surface area contributed by atoms with Gasteiger partial charge >= 0.3 is 5.97 Å². The molecule has 0 radical (unpaired) electrons. The maximum atomic E-state index is 13.9. The number of rotatable bonds is 5. The van der Waals surface area contributed by atoms with E-state index in [-0.39, 0.29) is 29.2 Å². The minimum atomic E-state index is -0.734. The van der Waals surface area contributed by atoms with Crippen molar-refractivity contribution in [2.75, 3.05) is 16.8 Å². The van der Waals surface area contributed by atoms with Crippen LogP contribution in [0.25, 0.3) is 0 Å². The van der Waals surface area contributed by atoms with Crippen LogP contribution in [-0.4, -0.2) is 30.3 Å². The Kier molecular flexibility index (Phi) is 5.78. The Morgan fingerprint density at radius 1 is 0.707 bits per heavy atom. The fourth-order valence-corrected chi connectivity index (χ4v) is 6.62. The van der Waals surface area contributed by atoms with Gasteiger partial charge in [0.05, 0.1) is 23.1 Å². The quantitative estimate of drug-likeness (QED) is 0.280. The van der Waals surface area contributed by atoms with Gasteiger partial charge in [0.2, 0.25) is 11.8 Å². The summed E-state index contributed by atoms with van der Waals surface area (Å²) in [7, 11) is 0. The van der Waals surface area contributed by atoms with Gasteiger partial charge in [0, 0.05) is 17.5 Å². The standard InChI is InChI=1S/C33H23FN2O5/c34-19-11-13-20(14-12-19)35-26(37)17-41-33(40)18-9-15-21(16-10-18)36-31(38)29-27-22-5-1-2-6-23(22)28(30(29)32(36)39)25-8-4-3-7-24(25)27/h1-16,27-30H,17H2,(H,35,37)/t27?,28?,29-,30-/m0/s1. The van der Waals surface area contributed by atoms with Gasteiger partial charge in [-0.2, -0.15) is 0 Å². The molecular weight excluding hydrogens is 523 g/mol. The molecule has 202 valence electrons. The molecular formula is C33H23FN2O5. The highest BCUT2D eigenvalue weighted by Crippen LogP contribution is 2.61. The van der Waals surface area contributed by atoms with Gasteiger partial charge in [0.1, 0.15) is 5.82 Å². The molecule has 1 heterocycles. The zero-order chi connectivity index (χ0) is 28.2. The molecule has 1 N–H and O–H groups in total. The Hall–Kier alpha value is -5.11. The lowest BCUT2D eigenvalue weighted by Gasteiger charge is -2.45. The number of hydrogen-bond acceptors (Lipinski definition) is 5. The average molecular weight is 547 g/mol. The molecule has 41 heavy (non-hydrogen) atoms. The van der Waals surface area contributed by atoms with E-state index in [2.05, 4.69) is 29.6 Å². The molecule has 8 heteroatoms. The predicted molar refractivity (Wildman–Crippen MR) is 148 cm³/mol. The van der Waals surface area contributed by atoms with E-state index in [1.165, 1.54) is 41.3 Å². The Morgan fingerprint density at radius 3 is 1.68 bits per heavy atom. The molecule has 0 spiro atoms. The number of benzene rings is 4. The highest BCUT2D eigenvalue weighted by Gasteiger charge is 2.61. The Balaban J connectivity index is 1.09. The van der Waals surface area contributed by atoms with Gasteiger partial charge in [0.15, 0.2) is 6.61 Å². The number of amides is 3. The summed E-state index contributed by atoms with van der Waals surface area (Å²) in [6.45, 7) is -0.533. The second-order valence-corrected chi connectivity index (χ2v) is 10.5. The van der Waals surface area contributed by atoms with E-state index in [1.807, 2.05) is 24.3 Å². The van der Waals surface area contributed by atoms with Crippen molar-refractivity contribution in [3.8, 4) is 0 Å². The molecule has 3 amide bonds. The number of carbonyl (C=O) groups is 4. The Morgan fingerprint density at radius 2 is 1.20 bits per heavy atom. The normalized spacial score (nSPS) is 21.6. The maximum Gasteiger partial charge on any atom is 0.338 e. The molecule has 1 saturated heterocycles. The SMILES string of the molecule is O=C(COC(=O)c1ccc(N2C(=O)[C@H]3C4c5ccccc5C(c5ccccc54)[C@@H]3C2=O)cc1)Nc1ccc(F)cc1. The number of anilines is 2. The zero-order valence-corrected chi connectivity index (χ0v) is 21.6. The number of imide groups is 1. The van der Waals surface area contributed by atoms with Crippen molar-refractivity contribution in [1.29, 1.82) is 0 Å². The van der Waals surface area contributed by atoms with Crippen molar-refractivity contribution in [2.24, 2.45) is 11.8 Å². The Bertz CT molecular complexity index is 1620. The molecule has 3 aliphatic carbocycles. The first-order valence-electron chi connectivity index (χ1n) is 13.3. The van der Waals surface area contributed by atoms with Crippen molar-refractivity contribution in [3.63, 3.8) is 0 Å². The lowest BCUT2D eigenvalue weighted by atomic mass is 9.55. The lowest BCUT2D eigenvalue weighted by molar-refractivity contribution is -0.122. The first-order valence-corrected chi connectivity index (χ1v) is 13.3. The first kappa shape index (κ1) is 24.9. The van der Waals surface area contributed by atoms with E-state index in [9.17, 15) is 23.6 Å². The Labute approximate surface area is 234 Å². The minimum Gasteiger partial charge on any atom is -0.452 e. The molecule has 7 nitrogen and oxygen atoms in total. The number of ether oxygens (including phenoxy) is 1. The van der Waals surface area contributed by atoms with Gasteiger partial charge in [-0.25, -0.2) is 14.1 Å². The van der Waals surface area contributed by atoms with Crippen LogP contribution < -0.4 is 10.2 Å². The van der Waals surface area contributed by atoms with Crippen molar-refractivity contribution >= 4 is 35.1 Å². The van der Waals surface area contributed by atoms with E-state index in [4.69, 9.17) is 4.74 Å². The van der Waals surface area contributed by atoms with Crippen molar-refractivity contribution < 1.29 is 28.3 Å². The topological polar surface area (TPSA) is 92.8 Å². The summed E-state index contributed by atoms with van der Waals surface area (Å²) in [5.74, 6) is -3.63. The summed E-state index contributed by atoms with van der Waals surface area (Å²) in [6, 6.07) is 27.3. The molecule has 2 bridgehead atoms. The highest BCUT2D eigenvalue weighted by molar-refractivity contribution is 6.23. The molecule has 0 aromatic heterocycles. The van der Waals surface area contributed by atoms with Gasteiger partial charge < -0.3 is 10.1 Å². The molecule has 0 unspecified atom stereocenters. The van der Waals surface area contributed by atoms with Crippen LogP contribution in [0.1, 0.15) is 44.4 Å². The first-order chi connectivity index (χ1) is 19.9. The van der Waals surface area contributed by atoms with E-state index < -0.39 is 36.1 Å². The minimum absolute atomic E-state index is 0.166. The molecule has 1 aliphatic heterocycles. The number of esters is 1. The molecule has 1 fully saturated rings. The number of hydrogen-bond donors (Lipinski definition) is 1. The van der Waals surface area contributed by atoms with Crippen LogP contribution in [-0.2, 0) is 19.1 Å². The van der Waals surface area contributed by atoms with Crippen LogP contribution >= 0.6 is 0 Å². The van der Waals surface area contributed by atoms with E-state index >= 15 is 0 Å². The van der Waals surface area contributed by atoms with Crippen molar-refractivity contribution in [1.82, 2.24) is 0 Å². The molecule has 4 aromatic rings. The van der Waals surface area contributed by atoms with Crippen molar-refractivity contribution in [2.45, 2.75) is 11.8 Å². The maximum absolute atomic E-state index is 13.9. The summed E-state index contributed by atoms with van der Waals surface area (Å²) in [6.07, 6.45) is 0. The van der Waals surface area contributed by atoms with Gasteiger partial charge in [-0.15, -0.1) is 0 Å². The van der Waals surface area contributed by atoms with Crippen LogP contribution in [0.2, 0.25) is 0 Å². The second-order valence-electron chi connectivity index (χ2n) is 10.5. The van der Waals surface area contributed by atoms with Crippen molar-refractivity contribution in [3.05, 3.63) is 131 Å². The summed E-state index contributed by atoms with van der Waals surface area (Å²) in [5, 5.41) is 2.52. The highest BCUT2D eigenvalue weighted by atomic mass is 19.1. The third-order valence-electron chi connectivity index (χ3n) is 8.27. The monoisotopic (exact) mass is 546 g/mol. The van der Waals surface area contributed by atoms with Crippen LogP contribution in [0.5, 0.6) is 0 Å². The van der Waals surface area contributed by atoms with Gasteiger partial charge in [-0.1, -0.05) is 48.5 Å². The largest absolute Gasteiger partial charge is 0.452 e. The van der Waals surface area contributed by atoms with Gasteiger partial charge in [-0.05, 0) is 70.8 Å². The summed E-state index contributed by atoms with van der Waals surface area (Å²) >= 11 is 0. The summed E-state index contributed by atoms with van der Waals surface area (Å²) in [5.41, 5.74) is 5.32. The van der Waals surface area contributed by atoms with Crippen LogP contribution in [0, 0.1) is 17.7 Å². The second kappa shape index (κ2) is 9.52. The molecule has 4 aromatic carbocycles. The third kappa shape index (κ3) is 3.94. The number of nitrogens with zero attached hydrogens (tertiary/aromatic N) is 1. The van der Waals surface area contributed by atoms with E-state index in [1.54, 1.807) is 12.1 Å². The van der Waals surface area contributed by atoms with Gasteiger partial charge in [-0.3, -0.25) is 14.4 Å². The van der Waals surface area contributed by atoms with Crippen LogP contribution in [0.15, 0.2) is 97.1 Å². The van der Waals surface area contributed by atoms with Crippen LogP contribution in [0.4, 0.5) is 15.8 Å². The van der Waals surface area contributed by atoms with Crippen LogP contribution in [0.3, 0.4) is 0 Å². The number of carbonyl (C=O) groups excluding carboxylic acids is 4. The molecule has 4 aliphatic rings. The number of halogens is 1.